The minimum Gasteiger partial charge on any atom is -0.496 e. The van der Waals surface area contributed by atoms with E-state index in [0.29, 0.717) is 11.5 Å². The average molecular weight is 292 g/mol. The highest BCUT2D eigenvalue weighted by Gasteiger charge is 2.11. The molecular weight excluding hydrogens is 279 g/mol. The van der Waals surface area contributed by atoms with Gasteiger partial charge in [0.25, 0.3) is 0 Å². The fourth-order valence-electron chi connectivity index (χ4n) is 1.71. The summed E-state index contributed by atoms with van der Waals surface area (Å²) in [5.41, 5.74) is 1.02. The molecule has 0 amide bonds. The molecule has 0 saturated carbocycles. The molecule has 2 aromatic carbocycles. The Morgan fingerprint density at radius 1 is 1.25 bits per heavy atom. The topological polar surface area (TPSA) is 46.5 Å². The molecular formula is C15H13FO3S. The van der Waals surface area contributed by atoms with Gasteiger partial charge in [0, 0.05) is 10.6 Å². The number of benzene rings is 2. The van der Waals surface area contributed by atoms with Crippen LogP contribution in [0.4, 0.5) is 4.39 Å². The number of hydrogen-bond acceptors (Lipinski definition) is 3. The fourth-order valence-corrected chi connectivity index (χ4v) is 2.55. The van der Waals surface area contributed by atoms with Gasteiger partial charge in [0.05, 0.1) is 7.11 Å². The fraction of sp³-hybridized carbons (Fsp3) is 0.133. The highest BCUT2D eigenvalue weighted by Crippen LogP contribution is 2.26. The van der Waals surface area contributed by atoms with E-state index in [1.807, 2.05) is 6.07 Å². The number of carboxylic acids is 1. The zero-order chi connectivity index (χ0) is 14.5. The van der Waals surface area contributed by atoms with Gasteiger partial charge in [-0.2, -0.15) is 0 Å². The lowest BCUT2D eigenvalue weighted by molar-refractivity contribution is 0.0693. The van der Waals surface area contributed by atoms with Gasteiger partial charge in [0.15, 0.2) is 0 Å². The molecule has 1 N–H and O–H groups in total. The summed E-state index contributed by atoms with van der Waals surface area (Å²) in [6.07, 6.45) is 0. The monoisotopic (exact) mass is 292 g/mol. The molecule has 104 valence electrons. The van der Waals surface area contributed by atoms with Crippen LogP contribution >= 0.6 is 11.8 Å². The van der Waals surface area contributed by atoms with Crippen LogP contribution in [0, 0.1) is 5.82 Å². The van der Waals surface area contributed by atoms with Gasteiger partial charge in [-0.05, 0) is 42.0 Å². The highest BCUT2D eigenvalue weighted by molar-refractivity contribution is 7.98. The Kier molecular flexibility index (Phi) is 4.63. The normalized spacial score (nSPS) is 10.3. The predicted octanol–water partition coefficient (Wildman–Crippen LogP) is 3.82. The van der Waals surface area contributed by atoms with Crippen molar-refractivity contribution in [2.45, 2.75) is 10.6 Å². The van der Waals surface area contributed by atoms with Crippen molar-refractivity contribution in [1.29, 1.82) is 0 Å². The number of carboxylic acid groups (broad SMARTS) is 1. The molecule has 0 saturated heterocycles. The molecule has 20 heavy (non-hydrogen) atoms. The zero-order valence-electron chi connectivity index (χ0n) is 10.8. The van der Waals surface area contributed by atoms with Gasteiger partial charge in [-0.3, -0.25) is 0 Å². The number of hydrogen-bond donors (Lipinski definition) is 1. The number of carbonyl (C=O) groups is 1. The number of thioether (sulfide) groups is 1. The van der Waals surface area contributed by atoms with Crippen molar-refractivity contribution in [1.82, 2.24) is 0 Å². The molecule has 0 spiro atoms. The first kappa shape index (κ1) is 14.4. The van der Waals surface area contributed by atoms with Crippen molar-refractivity contribution in [3.8, 4) is 5.75 Å². The summed E-state index contributed by atoms with van der Waals surface area (Å²) >= 11 is 1.52. The summed E-state index contributed by atoms with van der Waals surface area (Å²) in [5, 5.41) is 9.11. The van der Waals surface area contributed by atoms with Gasteiger partial charge < -0.3 is 9.84 Å². The van der Waals surface area contributed by atoms with Crippen LogP contribution in [0.3, 0.4) is 0 Å². The number of ether oxygens (including phenoxy) is 1. The number of methoxy groups -OCH3 is 1. The third-order valence-corrected chi connectivity index (χ3v) is 3.80. The largest absolute Gasteiger partial charge is 0.496 e. The Morgan fingerprint density at radius 3 is 2.55 bits per heavy atom. The van der Waals surface area contributed by atoms with Crippen molar-refractivity contribution in [2.24, 2.45) is 0 Å². The van der Waals surface area contributed by atoms with Crippen LogP contribution < -0.4 is 4.74 Å². The zero-order valence-corrected chi connectivity index (χ0v) is 11.6. The van der Waals surface area contributed by atoms with E-state index in [1.165, 1.54) is 31.0 Å². The third kappa shape index (κ3) is 3.51. The van der Waals surface area contributed by atoms with Gasteiger partial charge in [-0.1, -0.05) is 6.07 Å². The van der Waals surface area contributed by atoms with Crippen LogP contribution in [-0.2, 0) is 5.75 Å². The van der Waals surface area contributed by atoms with E-state index in [2.05, 4.69) is 0 Å². The summed E-state index contributed by atoms with van der Waals surface area (Å²) in [6, 6.07) is 11.3. The van der Waals surface area contributed by atoms with Crippen LogP contribution in [0.1, 0.15) is 15.9 Å². The van der Waals surface area contributed by atoms with Crippen molar-refractivity contribution >= 4 is 17.7 Å². The molecule has 0 fully saturated rings. The molecule has 0 aliphatic rings. The summed E-state index contributed by atoms with van der Waals surface area (Å²) < 4.78 is 17.8. The summed E-state index contributed by atoms with van der Waals surface area (Å²) in [6.45, 7) is 0. The lowest BCUT2D eigenvalue weighted by atomic mass is 10.1. The van der Waals surface area contributed by atoms with Gasteiger partial charge in [0.2, 0.25) is 0 Å². The number of rotatable bonds is 5. The molecule has 0 heterocycles. The van der Waals surface area contributed by atoms with E-state index in [9.17, 15) is 9.18 Å². The Labute approximate surface area is 120 Å². The quantitative estimate of drug-likeness (QED) is 0.851. The van der Waals surface area contributed by atoms with Crippen molar-refractivity contribution < 1.29 is 19.0 Å². The van der Waals surface area contributed by atoms with E-state index in [0.717, 1.165) is 10.5 Å². The van der Waals surface area contributed by atoms with Gasteiger partial charge in [0.1, 0.15) is 17.1 Å². The van der Waals surface area contributed by atoms with Crippen molar-refractivity contribution in [3.05, 3.63) is 59.4 Å². The van der Waals surface area contributed by atoms with Crippen LogP contribution in [0.5, 0.6) is 5.75 Å². The van der Waals surface area contributed by atoms with Gasteiger partial charge in [-0.25, -0.2) is 9.18 Å². The standard InChI is InChI=1S/C15H13FO3S/c1-19-14-7-2-10(8-13(14)15(17)18)9-20-12-5-3-11(16)4-6-12/h2-8H,9H2,1H3,(H,17,18). The average Bonchev–Trinajstić information content (AvgIpc) is 2.46. The maximum atomic E-state index is 12.8. The van der Waals surface area contributed by atoms with Crippen LogP contribution in [-0.4, -0.2) is 18.2 Å². The minimum atomic E-state index is -1.02. The third-order valence-electron chi connectivity index (χ3n) is 2.71. The summed E-state index contributed by atoms with van der Waals surface area (Å²) in [4.78, 5) is 12.0. The first-order valence-electron chi connectivity index (χ1n) is 5.88. The molecule has 2 rings (SSSR count). The van der Waals surface area contributed by atoms with E-state index in [4.69, 9.17) is 9.84 Å². The maximum Gasteiger partial charge on any atom is 0.339 e. The van der Waals surface area contributed by atoms with Gasteiger partial charge in [-0.15, -0.1) is 11.8 Å². The Hall–Kier alpha value is -2.01. The van der Waals surface area contributed by atoms with E-state index < -0.39 is 5.97 Å². The number of aromatic carboxylic acids is 1. The molecule has 0 aromatic heterocycles. The second-order valence-electron chi connectivity index (χ2n) is 4.08. The molecule has 0 atom stereocenters. The van der Waals surface area contributed by atoms with E-state index >= 15 is 0 Å². The Balaban J connectivity index is 2.11. The van der Waals surface area contributed by atoms with Crippen LogP contribution in [0.25, 0.3) is 0 Å². The second kappa shape index (κ2) is 6.43. The van der Waals surface area contributed by atoms with Gasteiger partial charge >= 0.3 is 5.97 Å². The molecule has 3 nitrogen and oxygen atoms in total. The first-order chi connectivity index (χ1) is 9.60. The minimum absolute atomic E-state index is 0.143. The van der Waals surface area contributed by atoms with E-state index in [1.54, 1.807) is 24.3 Å². The summed E-state index contributed by atoms with van der Waals surface area (Å²) in [7, 11) is 1.44. The summed E-state index contributed by atoms with van der Waals surface area (Å²) in [5.74, 6) is -0.342. The SMILES string of the molecule is COc1ccc(CSc2ccc(F)cc2)cc1C(=O)O. The lowest BCUT2D eigenvalue weighted by Gasteiger charge is -2.07. The molecule has 0 radical (unpaired) electrons. The van der Waals surface area contributed by atoms with Crippen molar-refractivity contribution in [3.63, 3.8) is 0 Å². The molecule has 0 aliphatic carbocycles. The Bertz CT molecular complexity index is 611. The van der Waals surface area contributed by atoms with Crippen LogP contribution in [0.2, 0.25) is 0 Å². The highest BCUT2D eigenvalue weighted by atomic mass is 32.2. The second-order valence-corrected chi connectivity index (χ2v) is 5.13. The molecule has 0 aliphatic heterocycles. The van der Waals surface area contributed by atoms with Crippen molar-refractivity contribution in [2.75, 3.05) is 7.11 Å². The van der Waals surface area contributed by atoms with Crippen LogP contribution in [0.15, 0.2) is 47.4 Å². The Morgan fingerprint density at radius 2 is 1.95 bits per heavy atom. The maximum absolute atomic E-state index is 12.8. The first-order valence-corrected chi connectivity index (χ1v) is 6.87. The number of halogens is 1. The molecule has 5 heteroatoms. The predicted molar refractivity (Wildman–Crippen MR) is 75.9 cm³/mol. The van der Waals surface area contributed by atoms with E-state index in [-0.39, 0.29) is 11.4 Å². The molecule has 0 bridgehead atoms. The molecule has 0 unspecified atom stereocenters. The molecule has 2 aromatic rings. The lowest BCUT2D eigenvalue weighted by Crippen LogP contribution is -2.01. The smallest absolute Gasteiger partial charge is 0.339 e.